The molecule has 1 aromatic heterocycles. The minimum Gasteiger partial charge on any atom is -0.271 e. The number of nitrogens with one attached hydrogen (secondary N) is 1. The van der Waals surface area contributed by atoms with Crippen LogP contribution in [0.15, 0.2) is 12.3 Å². The number of nitrogens with zero attached hydrogens (tertiary/aromatic N) is 2. The minimum absolute atomic E-state index is 0.140. The van der Waals surface area contributed by atoms with E-state index in [1.165, 1.54) is 0 Å². The zero-order chi connectivity index (χ0) is 13.6. The number of hydrogen-bond donors (Lipinski definition) is 2. The predicted molar refractivity (Wildman–Crippen MR) is 70.4 cm³/mol. The van der Waals surface area contributed by atoms with Gasteiger partial charge in [0.05, 0.1) is 17.5 Å². The first-order valence-corrected chi connectivity index (χ1v) is 7.76. The molecular weight excluding hydrogens is 252 g/mol. The van der Waals surface area contributed by atoms with Gasteiger partial charge >= 0.3 is 0 Å². The van der Waals surface area contributed by atoms with Crippen LogP contribution in [-0.2, 0) is 9.84 Å². The van der Waals surface area contributed by atoms with Gasteiger partial charge in [0.15, 0.2) is 0 Å². The van der Waals surface area contributed by atoms with Gasteiger partial charge in [-0.05, 0) is 25.8 Å². The van der Waals surface area contributed by atoms with Crippen molar-refractivity contribution in [3.05, 3.63) is 23.8 Å². The first kappa shape index (κ1) is 15.0. The summed E-state index contributed by atoms with van der Waals surface area (Å²) in [6.45, 7) is 3.46. The summed E-state index contributed by atoms with van der Waals surface area (Å²) in [5, 5.41) is 0. The normalized spacial score (nSPS) is 13.5. The zero-order valence-corrected chi connectivity index (χ0v) is 11.6. The Morgan fingerprint density at radius 2 is 2.22 bits per heavy atom. The Labute approximate surface area is 108 Å². The minimum atomic E-state index is -2.92. The third-order valence-corrected chi connectivity index (χ3v) is 4.53. The van der Waals surface area contributed by atoms with E-state index in [4.69, 9.17) is 5.84 Å². The van der Waals surface area contributed by atoms with Crippen LogP contribution in [0.1, 0.15) is 37.3 Å². The topological polar surface area (TPSA) is 98.0 Å². The van der Waals surface area contributed by atoms with Crippen LogP contribution in [0.5, 0.6) is 0 Å². The van der Waals surface area contributed by atoms with Crippen molar-refractivity contribution in [2.45, 2.75) is 32.7 Å². The fourth-order valence-corrected chi connectivity index (χ4v) is 2.53. The van der Waals surface area contributed by atoms with Crippen LogP contribution in [-0.4, -0.2) is 29.9 Å². The van der Waals surface area contributed by atoms with Crippen molar-refractivity contribution >= 4 is 9.84 Å². The Bertz CT molecular complexity index is 476. The van der Waals surface area contributed by atoms with Gasteiger partial charge in [0.1, 0.15) is 15.7 Å². The van der Waals surface area contributed by atoms with Gasteiger partial charge < -0.3 is 0 Å². The second-order valence-electron chi connectivity index (χ2n) is 4.13. The lowest BCUT2D eigenvalue weighted by Crippen LogP contribution is -2.29. The average Bonchev–Trinajstić information content (AvgIpc) is 2.34. The predicted octanol–water partition coefficient (Wildman–Crippen LogP) is 0.504. The number of hydrogen-bond acceptors (Lipinski definition) is 6. The first-order chi connectivity index (χ1) is 8.48. The molecule has 102 valence electrons. The van der Waals surface area contributed by atoms with Crippen molar-refractivity contribution in [2.75, 3.05) is 11.5 Å². The van der Waals surface area contributed by atoms with Crippen LogP contribution >= 0.6 is 0 Å². The Hall–Kier alpha value is -1.05. The molecule has 6 nitrogen and oxygen atoms in total. The summed E-state index contributed by atoms with van der Waals surface area (Å²) in [7, 11) is -2.92. The molecule has 1 aromatic rings. The molecule has 3 N–H and O–H groups in total. The first-order valence-electron chi connectivity index (χ1n) is 5.94. The summed E-state index contributed by atoms with van der Waals surface area (Å²) < 4.78 is 22.8. The van der Waals surface area contributed by atoms with Gasteiger partial charge in [0, 0.05) is 11.9 Å². The molecule has 1 rings (SSSR count). The SMILES string of the molecule is CCS(=O)(=O)CCCC(NN)c1ccnc(C)n1. The maximum atomic E-state index is 11.4. The summed E-state index contributed by atoms with van der Waals surface area (Å²) in [6.07, 6.45) is 2.87. The second-order valence-corrected chi connectivity index (χ2v) is 6.60. The standard InChI is InChI=1S/C11H20N4O2S/c1-3-18(16,17)8-4-5-11(15-12)10-6-7-13-9(2)14-10/h6-7,11,15H,3-5,8,12H2,1-2H3. The third-order valence-electron chi connectivity index (χ3n) is 2.74. The largest absolute Gasteiger partial charge is 0.271 e. The van der Waals surface area contributed by atoms with Crippen LogP contribution in [0.3, 0.4) is 0 Å². The average molecular weight is 272 g/mol. The summed E-state index contributed by atoms with van der Waals surface area (Å²) in [6, 6.07) is 1.64. The van der Waals surface area contributed by atoms with Crippen LogP contribution in [0.25, 0.3) is 0 Å². The van der Waals surface area contributed by atoms with Gasteiger partial charge in [0.25, 0.3) is 0 Å². The monoisotopic (exact) mass is 272 g/mol. The highest BCUT2D eigenvalue weighted by atomic mass is 32.2. The van der Waals surface area contributed by atoms with Crippen LogP contribution in [0, 0.1) is 6.92 Å². The molecule has 0 fully saturated rings. The van der Waals surface area contributed by atoms with E-state index < -0.39 is 9.84 Å². The number of sulfone groups is 1. The molecule has 7 heteroatoms. The van der Waals surface area contributed by atoms with Crippen molar-refractivity contribution in [1.82, 2.24) is 15.4 Å². The second kappa shape index (κ2) is 6.77. The lowest BCUT2D eigenvalue weighted by molar-refractivity contribution is 0.494. The lowest BCUT2D eigenvalue weighted by atomic mass is 10.1. The summed E-state index contributed by atoms with van der Waals surface area (Å²) in [5.74, 6) is 6.52. The lowest BCUT2D eigenvalue weighted by Gasteiger charge is -2.15. The number of aromatic nitrogens is 2. The molecule has 1 unspecified atom stereocenters. The smallest absolute Gasteiger partial charge is 0.150 e. The summed E-state index contributed by atoms with van der Waals surface area (Å²) in [5.41, 5.74) is 3.46. The van der Waals surface area contributed by atoms with Crippen molar-refractivity contribution < 1.29 is 8.42 Å². The van der Waals surface area contributed by atoms with Crippen molar-refractivity contribution in [3.63, 3.8) is 0 Å². The van der Waals surface area contributed by atoms with Crippen molar-refractivity contribution in [2.24, 2.45) is 5.84 Å². The van der Waals surface area contributed by atoms with E-state index in [0.29, 0.717) is 18.7 Å². The van der Waals surface area contributed by atoms with Gasteiger partial charge in [-0.15, -0.1) is 0 Å². The van der Waals surface area contributed by atoms with Gasteiger partial charge in [-0.25, -0.2) is 18.4 Å². The quantitative estimate of drug-likeness (QED) is 0.554. The van der Waals surface area contributed by atoms with E-state index in [-0.39, 0.29) is 17.5 Å². The molecule has 1 atom stereocenters. The van der Waals surface area contributed by atoms with Crippen LogP contribution in [0.4, 0.5) is 0 Å². The molecule has 0 aromatic carbocycles. The number of rotatable bonds is 7. The maximum absolute atomic E-state index is 11.4. The molecule has 0 amide bonds. The molecule has 0 aliphatic heterocycles. The molecule has 1 heterocycles. The van der Waals surface area contributed by atoms with E-state index in [0.717, 1.165) is 5.69 Å². The molecule has 0 spiro atoms. The van der Waals surface area contributed by atoms with Crippen LogP contribution in [0.2, 0.25) is 0 Å². The van der Waals surface area contributed by atoms with Crippen molar-refractivity contribution in [1.29, 1.82) is 0 Å². The van der Waals surface area contributed by atoms with E-state index in [2.05, 4.69) is 15.4 Å². The highest BCUT2D eigenvalue weighted by Gasteiger charge is 2.14. The van der Waals surface area contributed by atoms with Gasteiger partial charge in [0.2, 0.25) is 0 Å². The fraction of sp³-hybridized carbons (Fsp3) is 0.636. The van der Waals surface area contributed by atoms with Gasteiger partial charge in [-0.2, -0.15) is 0 Å². The molecule has 0 aliphatic carbocycles. The molecule has 18 heavy (non-hydrogen) atoms. The Kier molecular flexibility index (Phi) is 5.64. The highest BCUT2D eigenvalue weighted by Crippen LogP contribution is 2.15. The Morgan fingerprint density at radius 3 is 2.78 bits per heavy atom. The molecular formula is C11H20N4O2S. The molecule has 0 aliphatic rings. The molecule has 0 saturated carbocycles. The summed E-state index contributed by atoms with van der Waals surface area (Å²) in [4.78, 5) is 8.29. The van der Waals surface area contributed by atoms with E-state index in [9.17, 15) is 8.42 Å². The third kappa shape index (κ3) is 4.67. The molecule has 0 saturated heterocycles. The zero-order valence-electron chi connectivity index (χ0n) is 10.8. The van der Waals surface area contributed by atoms with Crippen LogP contribution < -0.4 is 11.3 Å². The van der Waals surface area contributed by atoms with E-state index >= 15 is 0 Å². The van der Waals surface area contributed by atoms with E-state index in [1.54, 1.807) is 26.1 Å². The number of nitrogens with two attached hydrogens (primary N) is 1. The summed E-state index contributed by atoms with van der Waals surface area (Å²) >= 11 is 0. The number of aryl methyl sites for hydroxylation is 1. The maximum Gasteiger partial charge on any atom is 0.150 e. The fourth-order valence-electron chi connectivity index (χ4n) is 1.64. The molecule has 0 radical (unpaired) electrons. The van der Waals surface area contributed by atoms with Gasteiger partial charge in [-0.1, -0.05) is 6.92 Å². The van der Waals surface area contributed by atoms with Crippen molar-refractivity contribution in [3.8, 4) is 0 Å². The Morgan fingerprint density at radius 1 is 1.50 bits per heavy atom. The van der Waals surface area contributed by atoms with E-state index in [1.807, 2.05) is 0 Å². The highest BCUT2D eigenvalue weighted by molar-refractivity contribution is 7.91. The number of hydrazine groups is 1. The Balaban J connectivity index is 2.58. The van der Waals surface area contributed by atoms with Gasteiger partial charge in [-0.3, -0.25) is 11.3 Å². The molecule has 0 bridgehead atoms.